The molecule has 0 amide bonds. The van der Waals surface area contributed by atoms with Crippen LogP contribution in [-0.4, -0.2) is 52.3 Å². The Morgan fingerprint density at radius 3 is 2.81 bits per heavy atom. The van der Waals surface area contributed by atoms with Crippen LogP contribution < -0.4 is 5.32 Å². The molecule has 0 bridgehead atoms. The third-order valence-electron chi connectivity index (χ3n) is 3.85. The minimum atomic E-state index is -0.612. The van der Waals surface area contributed by atoms with Crippen LogP contribution in [0.1, 0.15) is 26.7 Å². The molecule has 0 aromatic heterocycles. The second-order valence-electron chi connectivity index (χ2n) is 5.13. The highest BCUT2D eigenvalue weighted by Gasteiger charge is 2.35. The Morgan fingerprint density at radius 2 is 2.19 bits per heavy atom. The van der Waals surface area contributed by atoms with Crippen molar-refractivity contribution < 1.29 is 4.21 Å². The van der Waals surface area contributed by atoms with Crippen molar-refractivity contribution in [3.05, 3.63) is 0 Å². The summed E-state index contributed by atoms with van der Waals surface area (Å²) < 4.78 is 11.5. The molecule has 2 rings (SSSR count). The van der Waals surface area contributed by atoms with Crippen LogP contribution in [0, 0.1) is 5.92 Å². The van der Waals surface area contributed by atoms with E-state index in [1.807, 2.05) is 6.92 Å². The van der Waals surface area contributed by atoms with Gasteiger partial charge in [0.15, 0.2) is 0 Å². The van der Waals surface area contributed by atoms with Gasteiger partial charge in [0.2, 0.25) is 0 Å². The van der Waals surface area contributed by atoms with Crippen LogP contribution in [0.5, 0.6) is 0 Å². The molecule has 0 spiro atoms. The maximum atomic E-state index is 11.5. The van der Waals surface area contributed by atoms with Crippen molar-refractivity contribution in [3.8, 4) is 0 Å². The van der Waals surface area contributed by atoms with Crippen LogP contribution in [-0.2, 0) is 10.8 Å². The van der Waals surface area contributed by atoms with Gasteiger partial charge in [-0.05, 0) is 25.7 Å². The van der Waals surface area contributed by atoms with Crippen LogP contribution in [0.2, 0.25) is 0 Å². The lowest BCUT2D eigenvalue weighted by atomic mass is 10.1. The quantitative estimate of drug-likeness (QED) is 0.777. The van der Waals surface area contributed by atoms with Crippen molar-refractivity contribution in [1.82, 2.24) is 10.2 Å². The molecule has 1 heterocycles. The summed E-state index contributed by atoms with van der Waals surface area (Å²) in [5.74, 6) is 2.57. The summed E-state index contributed by atoms with van der Waals surface area (Å²) in [7, 11) is -0.612. The standard InChI is InChI=1S/C12H24N2OS/c1-3-16(15)7-6-14-9-12(11-4-5-11)13-8-10(14)2/h10-13H,3-9H2,1-2H3. The van der Waals surface area contributed by atoms with E-state index in [0.29, 0.717) is 12.1 Å². The summed E-state index contributed by atoms with van der Waals surface area (Å²) in [6.45, 7) is 7.54. The van der Waals surface area contributed by atoms with Crippen LogP contribution in [0.3, 0.4) is 0 Å². The third-order valence-corrected chi connectivity index (χ3v) is 5.13. The van der Waals surface area contributed by atoms with E-state index in [1.165, 1.54) is 12.8 Å². The molecule has 1 saturated carbocycles. The summed E-state index contributed by atoms with van der Waals surface area (Å²) in [6, 6.07) is 1.30. The predicted molar refractivity (Wildman–Crippen MR) is 69.1 cm³/mol. The molecular formula is C12H24N2OS. The molecule has 1 N–H and O–H groups in total. The lowest BCUT2D eigenvalue weighted by molar-refractivity contribution is 0.141. The molecule has 4 heteroatoms. The Kier molecular flexibility index (Phi) is 4.39. The van der Waals surface area contributed by atoms with Gasteiger partial charge in [-0.1, -0.05) is 6.92 Å². The van der Waals surface area contributed by atoms with Gasteiger partial charge in [-0.15, -0.1) is 0 Å². The van der Waals surface area contributed by atoms with Crippen LogP contribution in [0.4, 0.5) is 0 Å². The van der Waals surface area contributed by atoms with Crippen molar-refractivity contribution >= 4 is 10.8 Å². The van der Waals surface area contributed by atoms with Crippen LogP contribution in [0.25, 0.3) is 0 Å². The number of rotatable bonds is 5. The molecule has 94 valence electrons. The molecule has 0 aromatic rings. The molecule has 1 saturated heterocycles. The molecule has 2 aliphatic rings. The number of hydrogen-bond acceptors (Lipinski definition) is 3. The van der Waals surface area contributed by atoms with E-state index >= 15 is 0 Å². The molecule has 1 aliphatic carbocycles. The lowest BCUT2D eigenvalue weighted by Gasteiger charge is -2.39. The van der Waals surface area contributed by atoms with E-state index in [-0.39, 0.29) is 0 Å². The maximum Gasteiger partial charge on any atom is 0.0362 e. The first kappa shape index (κ1) is 12.5. The minimum Gasteiger partial charge on any atom is -0.311 e. The van der Waals surface area contributed by atoms with E-state index in [1.54, 1.807) is 0 Å². The van der Waals surface area contributed by atoms with Gasteiger partial charge in [0, 0.05) is 54.0 Å². The van der Waals surface area contributed by atoms with E-state index in [9.17, 15) is 4.21 Å². The van der Waals surface area contributed by atoms with Gasteiger partial charge in [0.05, 0.1) is 0 Å². The van der Waals surface area contributed by atoms with E-state index in [0.717, 1.165) is 37.1 Å². The Balaban J connectivity index is 1.78. The summed E-state index contributed by atoms with van der Waals surface area (Å²) in [5, 5.41) is 3.64. The first-order chi connectivity index (χ1) is 7.70. The fourth-order valence-corrected chi connectivity index (χ4v) is 3.16. The highest BCUT2D eigenvalue weighted by atomic mass is 32.2. The van der Waals surface area contributed by atoms with Crippen LogP contribution in [0.15, 0.2) is 0 Å². The summed E-state index contributed by atoms with van der Waals surface area (Å²) >= 11 is 0. The second kappa shape index (κ2) is 5.61. The van der Waals surface area contributed by atoms with Crippen molar-refractivity contribution in [2.75, 3.05) is 31.1 Å². The van der Waals surface area contributed by atoms with Crippen molar-refractivity contribution in [3.63, 3.8) is 0 Å². The summed E-state index contributed by atoms with van der Waals surface area (Å²) in [4.78, 5) is 2.52. The Hall–Kier alpha value is 0.0700. The first-order valence-electron chi connectivity index (χ1n) is 6.53. The van der Waals surface area contributed by atoms with Crippen molar-refractivity contribution in [1.29, 1.82) is 0 Å². The third kappa shape index (κ3) is 3.28. The SMILES string of the molecule is CCS(=O)CCN1CC(C2CC2)NCC1C. The zero-order chi connectivity index (χ0) is 11.5. The van der Waals surface area contributed by atoms with Gasteiger partial charge >= 0.3 is 0 Å². The largest absolute Gasteiger partial charge is 0.311 e. The Morgan fingerprint density at radius 1 is 1.44 bits per heavy atom. The first-order valence-corrected chi connectivity index (χ1v) is 8.02. The van der Waals surface area contributed by atoms with E-state index in [2.05, 4.69) is 17.1 Å². The van der Waals surface area contributed by atoms with Crippen molar-refractivity contribution in [2.24, 2.45) is 5.92 Å². The zero-order valence-corrected chi connectivity index (χ0v) is 11.3. The van der Waals surface area contributed by atoms with Gasteiger partial charge in [0.25, 0.3) is 0 Å². The fourth-order valence-electron chi connectivity index (χ4n) is 2.44. The summed E-state index contributed by atoms with van der Waals surface area (Å²) in [6.07, 6.45) is 2.81. The van der Waals surface area contributed by atoms with Gasteiger partial charge in [-0.2, -0.15) is 0 Å². The number of piperazine rings is 1. The molecule has 3 atom stereocenters. The Labute approximate surface area is 101 Å². The Bertz CT molecular complexity index is 255. The van der Waals surface area contributed by atoms with E-state index < -0.39 is 10.8 Å². The second-order valence-corrected chi connectivity index (χ2v) is 6.99. The molecule has 3 unspecified atom stereocenters. The van der Waals surface area contributed by atoms with Gasteiger partial charge in [-0.3, -0.25) is 9.11 Å². The minimum absolute atomic E-state index is 0.601. The molecule has 1 aliphatic heterocycles. The zero-order valence-electron chi connectivity index (χ0n) is 10.4. The van der Waals surface area contributed by atoms with Crippen molar-refractivity contribution in [2.45, 2.75) is 38.8 Å². The highest BCUT2D eigenvalue weighted by Crippen LogP contribution is 2.34. The van der Waals surface area contributed by atoms with Gasteiger partial charge in [0.1, 0.15) is 0 Å². The monoisotopic (exact) mass is 244 g/mol. The predicted octanol–water partition coefficient (Wildman–Crippen LogP) is 0.827. The normalized spacial score (nSPS) is 33.9. The number of hydrogen-bond donors (Lipinski definition) is 1. The van der Waals surface area contributed by atoms with Crippen LogP contribution >= 0.6 is 0 Å². The number of nitrogens with zero attached hydrogens (tertiary/aromatic N) is 1. The molecule has 2 fully saturated rings. The molecule has 0 aromatic carbocycles. The van der Waals surface area contributed by atoms with Gasteiger partial charge < -0.3 is 5.32 Å². The maximum absolute atomic E-state index is 11.5. The fraction of sp³-hybridized carbons (Fsp3) is 1.00. The molecule has 3 nitrogen and oxygen atoms in total. The molecule has 0 radical (unpaired) electrons. The number of nitrogens with one attached hydrogen (secondary N) is 1. The topological polar surface area (TPSA) is 32.3 Å². The lowest BCUT2D eigenvalue weighted by Crippen LogP contribution is -2.56. The smallest absolute Gasteiger partial charge is 0.0362 e. The summed E-state index contributed by atoms with van der Waals surface area (Å²) in [5.41, 5.74) is 0. The average Bonchev–Trinajstić information content (AvgIpc) is 3.11. The highest BCUT2D eigenvalue weighted by molar-refractivity contribution is 7.84. The average molecular weight is 244 g/mol. The van der Waals surface area contributed by atoms with E-state index in [4.69, 9.17) is 0 Å². The molecule has 16 heavy (non-hydrogen) atoms. The molecular weight excluding hydrogens is 220 g/mol. The van der Waals surface area contributed by atoms with Gasteiger partial charge in [-0.25, -0.2) is 0 Å².